The zero-order valence-corrected chi connectivity index (χ0v) is 10.8. The molecule has 0 bridgehead atoms. The summed E-state index contributed by atoms with van der Waals surface area (Å²) in [5, 5.41) is 18.1. The molecule has 0 aromatic carbocycles. The first kappa shape index (κ1) is 13.3. The SMILES string of the molecule is Cc1cc(C#N)cc(N(C)C2COCC2C(=O)O)n1. The molecule has 1 N–H and O–H groups in total. The van der Waals surface area contributed by atoms with Gasteiger partial charge in [0.15, 0.2) is 0 Å². The third-order valence-corrected chi connectivity index (χ3v) is 3.30. The fourth-order valence-electron chi connectivity index (χ4n) is 2.23. The summed E-state index contributed by atoms with van der Waals surface area (Å²) in [4.78, 5) is 17.3. The fourth-order valence-corrected chi connectivity index (χ4v) is 2.23. The predicted octanol–water partition coefficient (Wildman–Crippen LogP) is 0.798. The molecule has 0 spiro atoms. The van der Waals surface area contributed by atoms with Gasteiger partial charge in [0.1, 0.15) is 11.7 Å². The Balaban J connectivity index is 2.29. The van der Waals surface area contributed by atoms with Crippen molar-refractivity contribution in [3.05, 3.63) is 23.4 Å². The van der Waals surface area contributed by atoms with Crippen molar-refractivity contribution in [1.29, 1.82) is 5.26 Å². The van der Waals surface area contributed by atoms with Crippen LogP contribution in [0.4, 0.5) is 5.82 Å². The number of aromatic nitrogens is 1. The molecule has 2 rings (SSSR count). The van der Waals surface area contributed by atoms with Crippen molar-refractivity contribution in [2.75, 3.05) is 25.2 Å². The Kier molecular flexibility index (Phi) is 3.67. The first-order valence-corrected chi connectivity index (χ1v) is 5.95. The Morgan fingerprint density at radius 2 is 2.32 bits per heavy atom. The molecule has 0 radical (unpaired) electrons. The first-order chi connectivity index (χ1) is 9.02. The molecule has 1 fully saturated rings. The van der Waals surface area contributed by atoms with Gasteiger partial charge >= 0.3 is 5.97 Å². The van der Waals surface area contributed by atoms with E-state index in [9.17, 15) is 4.79 Å². The summed E-state index contributed by atoms with van der Waals surface area (Å²) in [5.41, 5.74) is 1.24. The zero-order valence-electron chi connectivity index (χ0n) is 10.8. The predicted molar refractivity (Wildman–Crippen MR) is 67.8 cm³/mol. The maximum absolute atomic E-state index is 11.2. The van der Waals surface area contributed by atoms with E-state index in [-0.39, 0.29) is 12.6 Å². The van der Waals surface area contributed by atoms with Crippen molar-refractivity contribution < 1.29 is 14.6 Å². The van der Waals surface area contributed by atoms with E-state index in [1.54, 1.807) is 31.0 Å². The van der Waals surface area contributed by atoms with Crippen molar-refractivity contribution in [1.82, 2.24) is 4.98 Å². The number of hydrogen-bond donors (Lipinski definition) is 1. The number of carboxylic acid groups (broad SMARTS) is 1. The second-order valence-electron chi connectivity index (χ2n) is 4.63. The number of aryl methyl sites for hydroxylation is 1. The average molecular weight is 261 g/mol. The largest absolute Gasteiger partial charge is 0.481 e. The lowest BCUT2D eigenvalue weighted by Gasteiger charge is -2.27. The summed E-state index contributed by atoms with van der Waals surface area (Å²) in [6.07, 6.45) is 0. The van der Waals surface area contributed by atoms with E-state index in [4.69, 9.17) is 15.1 Å². The van der Waals surface area contributed by atoms with Gasteiger partial charge in [-0.3, -0.25) is 4.79 Å². The number of carboxylic acids is 1. The van der Waals surface area contributed by atoms with Crippen LogP contribution in [0.1, 0.15) is 11.3 Å². The van der Waals surface area contributed by atoms with E-state index >= 15 is 0 Å². The van der Waals surface area contributed by atoms with Crippen LogP contribution in [0.5, 0.6) is 0 Å². The van der Waals surface area contributed by atoms with Crippen LogP contribution < -0.4 is 4.90 Å². The normalized spacial score (nSPS) is 21.9. The van der Waals surface area contributed by atoms with Gasteiger partial charge in [-0.15, -0.1) is 0 Å². The molecule has 6 heteroatoms. The van der Waals surface area contributed by atoms with Gasteiger partial charge < -0.3 is 14.7 Å². The Morgan fingerprint density at radius 3 is 2.95 bits per heavy atom. The maximum Gasteiger partial charge on any atom is 0.311 e. The third kappa shape index (κ3) is 2.66. The Morgan fingerprint density at radius 1 is 1.58 bits per heavy atom. The van der Waals surface area contributed by atoms with Gasteiger partial charge in [0.05, 0.1) is 30.9 Å². The highest BCUT2D eigenvalue weighted by Gasteiger charge is 2.37. The van der Waals surface area contributed by atoms with Gasteiger partial charge in [0, 0.05) is 12.7 Å². The number of nitriles is 1. The number of ether oxygens (including phenoxy) is 1. The van der Waals surface area contributed by atoms with E-state index in [1.807, 2.05) is 0 Å². The molecule has 19 heavy (non-hydrogen) atoms. The minimum atomic E-state index is -0.873. The van der Waals surface area contributed by atoms with Crippen LogP contribution in [0, 0.1) is 24.2 Å². The number of hydrogen-bond acceptors (Lipinski definition) is 5. The highest BCUT2D eigenvalue weighted by atomic mass is 16.5. The summed E-state index contributed by atoms with van der Waals surface area (Å²) in [6.45, 7) is 2.37. The van der Waals surface area contributed by atoms with E-state index in [2.05, 4.69) is 11.1 Å². The molecular weight excluding hydrogens is 246 g/mol. The highest BCUT2D eigenvalue weighted by molar-refractivity contribution is 5.72. The fraction of sp³-hybridized carbons (Fsp3) is 0.462. The Bertz CT molecular complexity index is 538. The summed E-state index contributed by atoms with van der Waals surface area (Å²) in [7, 11) is 1.78. The summed E-state index contributed by atoms with van der Waals surface area (Å²) >= 11 is 0. The van der Waals surface area contributed by atoms with Gasteiger partial charge in [0.25, 0.3) is 0 Å². The number of nitrogens with zero attached hydrogens (tertiary/aromatic N) is 3. The van der Waals surface area contributed by atoms with E-state index in [0.29, 0.717) is 18.0 Å². The molecule has 1 aromatic rings. The first-order valence-electron chi connectivity index (χ1n) is 5.95. The molecule has 2 heterocycles. The van der Waals surface area contributed by atoms with Crippen LogP contribution in [0.15, 0.2) is 12.1 Å². The van der Waals surface area contributed by atoms with Crippen molar-refractivity contribution in [3.63, 3.8) is 0 Å². The Hall–Kier alpha value is -2.13. The number of aliphatic carboxylic acids is 1. The molecule has 2 unspecified atom stereocenters. The molecule has 6 nitrogen and oxygen atoms in total. The molecule has 2 atom stereocenters. The zero-order chi connectivity index (χ0) is 14.0. The van der Waals surface area contributed by atoms with Gasteiger partial charge in [-0.2, -0.15) is 5.26 Å². The molecule has 1 saturated heterocycles. The summed E-state index contributed by atoms with van der Waals surface area (Å²) in [5.74, 6) is -0.848. The lowest BCUT2D eigenvalue weighted by Crippen LogP contribution is -2.41. The topological polar surface area (TPSA) is 86.5 Å². The number of anilines is 1. The lowest BCUT2D eigenvalue weighted by atomic mass is 10.0. The second-order valence-corrected chi connectivity index (χ2v) is 4.63. The molecule has 1 aromatic heterocycles. The van der Waals surface area contributed by atoms with Crippen LogP contribution in [-0.2, 0) is 9.53 Å². The van der Waals surface area contributed by atoms with Crippen LogP contribution in [0.2, 0.25) is 0 Å². The van der Waals surface area contributed by atoms with Gasteiger partial charge in [-0.05, 0) is 19.1 Å². The van der Waals surface area contributed by atoms with Crippen molar-refractivity contribution >= 4 is 11.8 Å². The van der Waals surface area contributed by atoms with Crippen molar-refractivity contribution in [2.24, 2.45) is 5.92 Å². The highest BCUT2D eigenvalue weighted by Crippen LogP contribution is 2.24. The van der Waals surface area contributed by atoms with Gasteiger partial charge in [-0.1, -0.05) is 0 Å². The minimum Gasteiger partial charge on any atom is -0.481 e. The van der Waals surface area contributed by atoms with Gasteiger partial charge in [0.2, 0.25) is 0 Å². The quantitative estimate of drug-likeness (QED) is 0.866. The molecule has 0 saturated carbocycles. The van der Waals surface area contributed by atoms with Crippen LogP contribution in [0.3, 0.4) is 0 Å². The third-order valence-electron chi connectivity index (χ3n) is 3.30. The minimum absolute atomic E-state index is 0.210. The number of carbonyl (C=O) groups is 1. The average Bonchev–Trinajstić information content (AvgIpc) is 2.86. The molecule has 0 aliphatic carbocycles. The number of pyridine rings is 1. The van der Waals surface area contributed by atoms with Gasteiger partial charge in [-0.25, -0.2) is 4.98 Å². The molecule has 1 aliphatic heterocycles. The smallest absolute Gasteiger partial charge is 0.311 e. The second kappa shape index (κ2) is 5.24. The number of rotatable bonds is 3. The molecular formula is C13H15N3O3. The van der Waals surface area contributed by atoms with E-state index in [1.165, 1.54) is 0 Å². The standard InChI is InChI=1S/C13H15N3O3/c1-8-3-9(5-14)4-12(15-8)16(2)11-7-19-6-10(11)13(17)18/h3-4,10-11H,6-7H2,1-2H3,(H,17,18). The monoisotopic (exact) mass is 261 g/mol. The van der Waals surface area contributed by atoms with Crippen LogP contribution in [0.25, 0.3) is 0 Å². The summed E-state index contributed by atoms with van der Waals surface area (Å²) in [6, 6.07) is 5.16. The van der Waals surface area contributed by atoms with E-state index in [0.717, 1.165) is 5.69 Å². The maximum atomic E-state index is 11.2. The molecule has 100 valence electrons. The molecule has 0 amide bonds. The lowest BCUT2D eigenvalue weighted by molar-refractivity contribution is -0.141. The van der Waals surface area contributed by atoms with E-state index < -0.39 is 11.9 Å². The molecule has 1 aliphatic rings. The Labute approximate surface area is 111 Å². The van der Waals surface area contributed by atoms with Crippen molar-refractivity contribution in [2.45, 2.75) is 13.0 Å². The van der Waals surface area contributed by atoms with Crippen LogP contribution >= 0.6 is 0 Å². The summed E-state index contributed by atoms with van der Waals surface area (Å²) < 4.78 is 5.25. The number of likely N-dealkylation sites (N-methyl/N-ethyl adjacent to an activating group) is 1. The van der Waals surface area contributed by atoms with Crippen LogP contribution in [-0.4, -0.2) is 42.4 Å². The van der Waals surface area contributed by atoms with Crippen molar-refractivity contribution in [3.8, 4) is 6.07 Å².